The van der Waals surface area contributed by atoms with E-state index in [0.29, 0.717) is 6.61 Å². The van der Waals surface area contributed by atoms with Crippen LogP contribution in [0.4, 0.5) is 0 Å². The lowest BCUT2D eigenvalue weighted by Gasteiger charge is -2.15. The molecular formula is C9H12O3. The van der Waals surface area contributed by atoms with Crippen LogP contribution in [0.1, 0.15) is 20.8 Å². The summed E-state index contributed by atoms with van der Waals surface area (Å²) in [5.41, 5.74) is 0. The second-order valence-corrected chi connectivity index (χ2v) is 3.06. The number of carbonyl (C=O) groups excluding carboxylic acids is 1. The van der Waals surface area contributed by atoms with Crippen LogP contribution in [0.25, 0.3) is 0 Å². The number of hydrogen-bond acceptors (Lipinski definition) is 3. The van der Waals surface area contributed by atoms with Crippen LogP contribution in [0.5, 0.6) is 0 Å². The molecule has 0 N–H and O–H groups in total. The van der Waals surface area contributed by atoms with Crippen LogP contribution in [-0.4, -0.2) is 24.3 Å². The summed E-state index contributed by atoms with van der Waals surface area (Å²) in [4.78, 5) is 11.2. The SMILES string of the molecule is CC#CC(=O)[C@H]1COC(C)(C)O1. The van der Waals surface area contributed by atoms with E-state index in [4.69, 9.17) is 9.47 Å². The van der Waals surface area contributed by atoms with E-state index in [9.17, 15) is 4.79 Å². The Morgan fingerprint density at radius 1 is 1.58 bits per heavy atom. The fourth-order valence-electron chi connectivity index (χ4n) is 1.02. The van der Waals surface area contributed by atoms with Gasteiger partial charge in [0.25, 0.3) is 0 Å². The zero-order valence-corrected chi connectivity index (χ0v) is 7.51. The third kappa shape index (κ3) is 2.07. The summed E-state index contributed by atoms with van der Waals surface area (Å²) < 4.78 is 10.5. The first-order chi connectivity index (χ1) is 5.55. The van der Waals surface area contributed by atoms with Crippen LogP contribution >= 0.6 is 0 Å². The van der Waals surface area contributed by atoms with E-state index in [1.165, 1.54) is 0 Å². The average molecular weight is 168 g/mol. The Bertz CT molecular complexity index is 244. The Morgan fingerprint density at radius 3 is 2.67 bits per heavy atom. The molecule has 0 bridgehead atoms. The van der Waals surface area contributed by atoms with Crippen LogP contribution in [-0.2, 0) is 14.3 Å². The minimum absolute atomic E-state index is 0.205. The summed E-state index contributed by atoms with van der Waals surface area (Å²) in [7, 11) is 0. The molecule has 0 aromatic rings. The van der Waals surface area contributed by atoms with Crippen molar-refractivity contribution in [2.45, 2.75) is 32.7 Å². The average Bonchev–Trinajstić information content (AvgIpc) is 2.31. The Balaban J connectivity index is 2.56. The second kappa shape index (κ2) is 3.26. The minimum atomic E-state index is -0.643. The van der Waals surface area contributed by atoms with E-state index in [1.54, 1.807) is 20.8 Å². The molecule has 1 heterocycles. The summed E-state index contributed by atoms with van der Waals surface area (Å²) in [5.74, 6) is 4.12. The molecule has 0 amide bonds. The van der Waals surface area contributed by atoms with E-state index in [1.807, 2.05) is 0 Å². The monoisotopic (exact) mass is 168 g/mol. The number of ketones is 1. The molecule has 12 heavy (non-hydrogen) atoms. The zero-order valence-electron chi connectivity index (χ0n) is 7.51. The molecule has 3 nitrogen and oxygen atoms in total. The van der Waals surface area contributed by atoms with Gasteiger partial charge in [-0.3, -0.25) is 4.79 Å². The highest BCUT2D eigenvalue weighted by atomic mass is 16.7. The second-order valence-electron chi connectivity index (χ2n) is 3.06. The van der Waals surface area contributed by atoms with Gasteiger partial charge in [-0.15, -0.1) is 0 Å². The smallest absolute Gasteiger partial charge is 0.236 e. The molecule has 1 fully saturated rings. The van der Waals surface area contributed by atoms with Crippen LogP contribution in [0.15, 0.2) is 0 Å². The standard InChI is InChI=1S/C9H12O3/c1-4-5-7(10)8-6-11-9(2,3)12-8/h8H,6H2,1-3H3/t8-/m1/s1. The van der Waals surface area contributed by atoms with Gasteiger partial charge in [0, 0.05) is 0 Å². The van der Waals surface area contributed by atoms with E-state index in [2.05, 4.69) is 11.8 Å². The summed E-state index contributed by atoms with van der Waals surface area (Å²) in [6, 6.07) is 0. The molecule has 1 rings (SSSR count). The Morgan fingerprint density at radius 2 is 2.25 bits per heavy atom. The van der Waals surface area contributed by atoms with E-state index >= 15 is 0 Å². The molecule has 66 valence electrons. The first-order valence-electron chi connectivity index (χ1n) is 3.83. The minimum Gasteiger partial charge on any atom is -0.347 e. The van der Waals surface area contributed by atoms with Crippen molar-refractivity contribution in [1.29, 1.82) is 0 Å². The van der Waals surface area contributed by atoms with Gasteiger partial charge in [0.2, 0.25) is 5.78 Å². The van der Waals surface area contributed by atoms with Crippen LogP contribution in [0.3, 0.4) is 0 Å². The molecule has 1 aliphatic rings. The molecule has 0 aromatic carbocycles. The van der Waals surface area contributed by atoms with Gasteiger partial charge in [-0.1, -0.05) is 5.92 Å². The van der Waals surface area contributed by atoms with Crippen molar-refractivity contribution < 1.29 is 14.3 Å². The molecule has 0 radical (unpaired) electrons. The van der Waals surface area contributed by atoms with Crippen LogP contribution in [0, 0.1) is 11.8 Å². The van der Waals surface area contributed by atoms with Crippen molar-refractivity contribution in [3.05, 3.63) is 0 Å². The van der Waals surface area contributed by atoms with Crippen LogP contribution < -0.4 is 0 Å². The van der Waals surface area contributed by atoms with Crippen molar-refractivity contribution in [1.82, 2.24) is 0 Å². The highest BCUT2D eigenvalue weighted by Gasteiger charge is 2.36. The molecule has 1 aliphatic heterocycles. The maximum atomic E-state index is 11.2. The van der Waals surface area contributed by atoms with Gasteiger partial charge in [0.1, 0.15) is 0 Å². The van der Waals surface area contributed by atoms with Crippen molar-refractivity contribution >= 4 is 5.78 Å². The summed E-state index contributed by atoms with van der Waals surface area (Å²) in [6.45, 7) is 5.48. The van der Waals surface area contributed by atoms with Gasteiger partial charge in [0.05, 0.1) is 6.61 Å². The van der Waals surface area contributed by atoms with Crippen molar-refractivity contribution in [3.63, 3.8) is 0 Å². The lowest BCUT2D eigenvalue weighted by molar-refractivity contribution is -0.148. The van der Waals surface area contributed by atoms with E-state index < -0.39 is 11.9 Å². The lowest BCUT2D eigenvalue weighted by Crippen LogP contribution is -2.25. The molecule has 0 unspecified atom stereocenters. The van der Waals surface area contributed by atoms with Gasteiger partial charge >= 0.3 is 0 Å². The third-order valence-electron chi connectivity index (χ3n) is 1.55. The maximum Gasteiger partial charge on any atom is 0.236 e. The highest BCUT2D eigenvalue weighted by Crippen LogP contribution is 2.22. The van der Waals surface area contributed by atoms with Crippen molar-refractivity contribution in [2.24, 2.45) is 0 Å². The summed E-state index contributed by atoms with van der Waals surface area (Å²) >= 11 is 0. The molecule has 0 aliphatic carbocycles. The molecule has 3 heteroatoms. The quantitative estimate of drug-likeness (QED) is 0.427. The fraction of sp³-hybridized carbons (Fsp3) is 0.667. The highest BCUT2D eigenvalue weighted by molar-refractivity contribution is 5.99. The predicted octanol–water partition coefficient (Wildman–Crippen LogP) is 0.730. The molecular weight excluding hydrogens is 156 g/mol. The Hall–Kier alpha value is -0.850. The number of rotatable bonds is 1. The Kier molecular flexibility index (Phi) is 2.51. The number of Topliss-reactive ketones (excluding diaryl/α,β-unsaturated/α-hetero) is 1. The number of ether oxygens (including phenoxy) is 2. The van der Waals surface area contributed by atoms with Gasteiger partial charge in [-0.05, 0) is 26.7 Å². The van der Waals surface area contributed by atoms with Crippen LogP contribution in [0.2, 0.25) is 0 Å². The summed E-state index contributed by atoms with van der Waals surface area (Å²) in [5, 5.41) is 0. The number of hydrogen-bond donors (Lipinski definition) is 0. The van der Waals surface area contributed by atoms with Crippen molar-refractivity contribution in [3.8, 4) is 11.8 Å². The van der Waals surface area contributed by atoms with Gasteiger partial charge in [0.15, 0.2) is 11.9 Å². The lowest BCUT2D eigenvalue weighted by atomic mass is 10.2. The molecule has 0 aromatic heterocycles. The fourth-order valence-corrected chi connectivity index (χ4v) is 1.02. The molecule has 0 saturated carbocycles. The normalized spacial score (nSPS) is 26.1. The largest absolute Gasteiger partial charge is 0.347 e. The summed E-state index contributed by atoms with van der Waals surface area (Å²) in [6.07, 6.45) is -0.507. The van der Waals surface area contributed by atoms with E-state index in [-0.39, 0.29) is 5.78 Å². The van der Waals surface area contributed by atoms with Gasteiger partial charge in [-0.2, -0.15) is 0 Å². The Labute approximate surface area is 72.0 Å². The van der Waals surface area contributed by atoms with Gasteiger partial charge in [-0.25, -0.2) is 0 Å². The molecule has 0 spiro atoms. The third-order valence-corrected chi connectivity index (χ3v) is 1.55. The first kappa shape index (κ1) is 9.24. The predicted molar refractivity (Wildman–Crippen MR) is 43.4 cm³/mol. The molecule has 1 atom stereocenters. The van der Waals surface area contributed by atoms with Gasteiger partial charge < -0.3 is 9.47 Å². The molecule has 1 saturated heterocycles. The van der Waals surface area contributed by atoms with Crippen molar-refractivity contribution in [2.75, 3.05) is 6.61 Å². The van der Waals surface area contributed by atoms with E-state index in [0.717, 1.165) is 0 Å². The first-order valence-corrected chi connectivity index (χ1v) is 3.83. The topological polar surface area (TPSA) is 35.5 Å². The maximum absolute atomic E-state index is 11.2. The number of carbonyl (C=O) groups is 1. The zero-order chi connectivity index (χ0) is 9.19.